The number of hydrogen-bond donors (Lipinski definition) is 1. The van der Waals surface area contributed by atoms with Crippen LogP contribution in [0.15, 0.2) is 48.5 Å². The molecule has 0 aromatic heterocycles. The molecule has 2 atom stereocenters. The smallest absolute Gasteiger partial charge is 0.284 e. The first kappa shape index (κ1) is 18.0. The second-order valence-electron chi connectivity index (χ2n) is 8.46. The van der Waals surface area contributed by atoms with Crippen molar-refractivity contribution in [3.05, 3.63) is 80.9 Å². The van der Waals surface area contributed by atoms with E-state index in [1.165, 1.54) is 4.90 Å². The van der Waals surface area contributed by atoms with Gasteiger partial charge in [0.05, 0.1) is 33.1 Å². The molecule has 0 unspecified atom stereocenters. The van der Waals surface area contributed by atoms with E-state index in [-0.39, 0.29) is 23.3 Å². The molecule has 2 bridgehead atoms. The summed E-state index contributed by atoms with van der Waals surface area (Å²) in [6.07, 6.45) is 0. The summed E-state index contributed by atoms with van der Waals surface area (Å²) in [4.78, 5) is 41.7. The molecule has 0 radical (unpaired) electrons. The monoisotopic (exact) mass is 392 g/mol. The summed E-state index contributed by atoms with van der Waals surface area (Å²) < 4.78 is 0. The van der Waals surface area contributed by atoms with Crippen molar-refractivity contribution in [2.45, 2.75) is 11.5 Å². The number of rotatable bonds is 4. The Bertz CT molecular complexity index is 1020. The number of likely N-dealkylation sites (N-methyl/N-ethyl adjacent to an activating group) is 1. The Morgan fingerprint density at radius 2 is 1.55 bits per heavy atom. The lowest BCUT2D eigenvalue weighted by molar-refractivity contribution is -0.857. The van der Waals surface area contributed by atoms with E-state index in [0.29, 0.717) is 17.7 Å². The minimum Gasteiger partial charge on any atom is -0.338 e. The zero-order chi connectivity index (χ0) is 20.5. The summed E-state index contributed by atoms with van der Waals surface area (Å²) in [6.45, 7) is 0.882. The molecule has 2 amide bonds. The van der Waals surface area contributed by atoms with Gasteiger partial charge < -0.3 is 4.90 Å². The minimum absolute atomic E-state index is 0.276. The van der Waals surface area contributed by atoms with Crippen molar-refractivity contribution >= 4 is 11.8 Å². The molecule has 3 aliphatic carbocycles. The Kier molecular flexibility index (Phi) is 3.70. The molecule has 2 aromatic carbocycles. The van der Waals surface area contributed by atoms with Gasteiger partial charge in [-0.15, -0.1) is 0 Å². The van der Waals surface area contributed by atoms with E-state index in [1.54, 1.807) is 24.3 Å². The molecule has 148 valence electrons. The van der Waals surface area contributed by atoms with E-state index in [9.17, 15) is 19.7 Å². The maximum absolute atomic E-state index is 13.5. The first-order chi connectivity index (χ1) is 13.9. The quantitative estimate of drug-likeness (QED) is 0.464. The normalized spacial score (nSPS) is 29.1. The molecule has 1 N–H and O–H groups in total. The first-order valence-electron chi connectivity index (χ1n) is 9.88. The van der Waals surface area contributed by atoms with Gasteiger partial charge in [0.2, 0.25) is 11.8 Å². The Morgan fingerprint density at radius 1 is 1.00 bits per heavy atom. The number of carbonyl (C=O) groups excluding carboxylic acids is 2. The molecule has 1 heterocycles. The lowest BCUT2D eigenvalue weighted by atomic mass is 9.51. The average Bonchev–Trinajstić information content (AvgIpc) is 2.97. The topological polar surface area (TPSA) is 85.0 Å². The fourth-order valence-electron chi connectivity index (χ4n) is 5.66. The van der Waals surface area contributed by atoms with Gasteiger partial charge in [-0.1, -0.05) is 48.5 Å². The van der Waals surface area contributed by atoms with Crippen LogP contribution in [0.3, 0.4) is 0 Å². The zero-order valence-corrected chi connectivity index (χ0v) is 16.3. The SMILES string of the molecule is C[NH+](C)CCN1C(=O)[C@@H]2C3c4ccccc4C([N+](=O)[O-])(c4ccccc43)[C@@H]2C1=O. The van der Waals surface area contributed by atoms with Gasteiger partial charge in [-0.25, -0.2) is 0 Å². The van der Waals surface area contributed by atoms with Gasteiger partial charge in [0.1, 0.15) is 5.92 Å². The number of likely N-dealkylation sites (tertiary alicyclic amines) is 1. The van der Waals surface area contributed by atoms with E-state index >= 15 is 0 Å². The molecule has 7 nitrogen and oxygen atoms in total. The second kappa shape index (κ2) is 5.97. The van der Waals surface area contributed by atoms with Crippen LogP contribution < -0.4 is 4.90 Å². The van der Waals surface area contributed by atoms with Crippen molar-refractivity contribution in [3.63, 3.8) is 0 Å². The predicted molar refractivity (Wildman–Crippen MR) is 104 cm³/mol. The van der Waals surface area contributed by atoms with Crippen molar-refractivity contribution in [2.75, 3.05) is 27.2 Å². The molecular weight excluding hydrogens is 370 g/mol. The van der Waals surface area contributed by atoms with E-state index in [2.05, 4.69) is 0 Å². The van der Waals surface area contributed by atoms with Crippen LogP contribution in [0.25, 0.3) is 0 Å². The third kappa shape index (κ3) is 2.05. The molecule has 0 saturated carbocycles. The van der Waals surface area contributed by atoms with Crippen LogP contribution in [0.1, 0.15) is 28.2 Å². The average molecular weight is 392 g/mol. The van der Waals surface area contributed by atoms with Crippen molar-refractivity contribution in [2.24, 2.45) is 11.8 Å². The van der Waals surface area contributed by atoms with Gasteiger partial charge >= 0.3 is 0 Å². The number of nitrogens with zero attached hydrogens (tertiary/aromatic N) is 2. The summed E-state index contributed by atoms with van der Waals surface area (Å²) >= 11 is 0. The number of hydrogen-bond acceptors (Lipinski definition) is 4. The van der Waals surface area contributed by atoms with E-state index in [1.807, 2.05) is 38.4 Å². The molecule has 0 spiro atoms. The number of nitro groups is 1. The fourth-order valence-corrected chi connectivity index (χ4v) is 5.66. The van der Waals surface area contributed by atoms with Crippen LogP contribution >= 0.6 is 0 Å². The summed E-state index contributed by atoms with van der Waals surface area (Å²) in [5, 5.41) is 12.7. The highest BCUT2D eigenvalue weighted by atomic mass is 16.6. The van der Waals surface area contributed by atoms with E-state index in [4.69, 9.17) is 0 Å². The van der Waals surface area contributed by atoms with Gasteiger partial charge in [0, 0.05) is 22.0 Å². The van der Waals surface area contributed by atoms with Crippen molar-refractivity contribution < 1.29 is 19.4 Å². The number of benzene rings is 2. The second-order valence-corrected chi connectivity index (χ2v) is 8.46. The third-order valence-electron chi connectivity index (χ3n) is 6.79. The highest BCUT2D eigenvalue weighted by Gasteiger charge is 2.74. The molecule has 1 aliphatic heterocycles. The summed E-state index contributed by atoms with van der Waals surface area (Å²) in [5.74, 6) is -2.75. The molecule has 2 aromatic rings. The maximum atomic E-state index is 13.5. The molecule has 29 heavy (non-hydrogen) atoms. The minimum atomic E-state index is -1.72. The van der Waals surface area contributed by atoms with Crippen LogP contribution in [-0.4, -0.2) is 48.8 Å². The Balaban J connectivity index is 1.79. The lowest BCUT2D eigenvalue weighted by Crippen LogP contribution is -3.06. The Morgan fingerprint density at radius 3 is 2.07 bits per heavy atom. The van der Waals surface area contributed by atoms with Crippen molar-refractivity contribution in [1.82, 2.24) is 4.90 Å². The van der Waals surface area contributed by atoms with Gasteiger partial charge in [-0.2, -0.15) is 0 Å². The number of nitrogens with one attached hydrogen (secondary N) is 1. The maximum Gasteiger partial charge on any atom is 0.284 e. The fraction of sp³-hybridized carbons (Fsp3) is 0.364. The number of quaternary nitrogens is 1. The highest BCUT2D eigenvalue weighted by molar-refractivity contribution is 6.08. The molecule has 7 heteroatoms. The molecule has 4 aliphatic rings. The summed E-state index contributed by atoms with van der Waals surface area (Å²) in [6, 6.07) is 14.5. The number of carbonyl (C=O) groups is 2. The highest BCUT2D eigenvalue weighted by Crippen LogP contribution is 2.64. The molecular formula is C22H22N3O4+. The Labute approximate surface area is 168 Å². The molecule has 1 fully saturated rings. The van der Waals surface area contributed by atoms with Gasteiger partial charge in [-0.3, -0.25) is 24.6 Å². The standard InChI is InChI=1S/C22H21N3O4/c1-23(2)11-12-24-20(26)18-17-13-7-3-5-9-15(13)22(25(28)29,19(18)21(24)27)16-10-6-4-8-14(16)17/h3-10,17-19H,11-12H2,1-2H3/p+1/t17?,18-,19+,22?/m1/s1. The van der Waals surface area contributed by atoms with Crippen LogP contribution in [-0.2, 0) is 15.1 Å². The molecule has 1 saturated heterocycles. The summed E-state index contributed by atoms with van der Waals surface area (Å²) in [5.41, 5.74) is 0.974. The van der Waals surface area contributed by atoms with Crippen LogP contribution in [0.5, 0.6) is 0 Å². The predicted octanol–water partition coefficient (Wildman–Crippen LogP) is 0.412. The Hall–Kier alpha value is -3.06. The number of imide groups is 1. The molecule has 6 rings (SSSR count). The number of amides is 2. The van der Waals surface area contributed by atoms with Crippen molar-refractivity contribution in [3.8, 4) is 0 Å². The van der Waals surface area contributed by atoms with Crippen LogP contribution in [0.4, 0.5) is 0 Å². The summed E-state index contributed by atoms with van der Waals surface area (Å²) in [7, 11) is 3.90. The lowest BCUT2D eigenvalue weighted by Gasteiger charge is -2.48. The van der Waals surface area contributed by atoms with E-state index in [0.717, 1.165) is 16.0 Å². The largest absolute Gasteiger partial charge is 0.338 e. The van der Waals surface area contributed by atoms with Crippen LogP contribution in [0, 0.1) is 22.0 Å². The van der Waals surface area contributed by atoms with E-state index < -0.39 is 23.3 Å². The van der Waals surface area contributed by atoms with Crippen LogP contribution in [0.2, 0.25) is 0 Å². The third-order valence-corrected chi connectivity index (χ3v) is 6.79. The zero-order valence-electron chi connectivity index (χ0n) is 16.3. The van der Waals surface area contributed by atoms with Crippen molar-refractivity contribution in [1.29, 1.82) is 0 Å². The van der Waals surface area contributed by atoms with Gasteiger partial charge in [0.25, 0.3) is 5.54 Å². The van der Waals surface area contributed by atoms with Gasteiger partial charge in [0.15, 0.2) is 0 Å². The van der Waals surface area contributed by atoms with Gasteiger partial charge in [-0.05, 0) is 11.1 Å². The first-order valence-corrected chi connectivity index (χ1v) is 9.88.